The number of hydrogen-bond acceptors (Lipinski definition) is 5. The van der Waals surface area contributed by atoms with Crippen LogP contribution >= 0.6 is 0 Å². The molecule has 0 aliphatic heterocycles. The summed E-state index contributed by atoms with van der Waals surface area (Å²) in [5, 5.41) is 9.57. The Bertz CT molecular complexity index is 607. The molecule has 20 heavy (non-hydrogen) atoms. The highest BCUT2D eigenvalue weighted by Gasteiger charge is 2.12. The second kappa shape index (κ2) is 6.04. The number of aromatic nitrogens is 4. The molecule has 0 atom stereocenters. The van der Waals surface area contributed by atoms with E-state index in [0.717, 1.165) is 18.9 Å². The summed E-state index contributed by atoms with van der Waals surface area (Å²) in [5.41, 5.74) is 0.293. The normalized spacial score (nSPS) is 11.9. The molecular formula is C13H22N6O. The van der Waals surface area contributed by atoms with Gasteiger partial charge in [0.1, 0.15) is 12.1 Å². The van der Waals surface area contributed by atoms with Crippen molar-refractivity contribution in [3.05, 3.63) is 22.9 Å². The largest absolute Gasteiger partial charge is 0.369 e. The fourth-order valence-corrected chi connectivity index (χ4v) is 2.33. The van der Waals surface area contributed by atoms with E-state index in [9.17, 15) is 4.79 Å². The summed E-state index contributed by atoms with van der Waals surface area (Å²) in [7, 11) is 0. The minimum Gasteiger partial charge on any atom is -0.369 e. The summed E-state index contributed by atoms with van der Waals surface area (Å²) in [6, 6.07) is 2.78. The summed E-state index contributed by atoms with van der Waals surface area (Å²) in [5.74, 6) is 0.726. The molecule has 0 aliphatic rings. The van der Waals surface area contributed by atoms with Gasteiger partial charge in [-0.2, -0.15) is 5.10 Å². The van der Waals surface area contributed by atoms with Crippen LogP contribution in [0.5, 0.6) is 0 Å². The number of aromatic amines is 1. The molecule has 110 valence electrons. The van der Waals surface area contributed by atoms with Gasteiger partial charge >= 0.3 is 5.69 Å². The first-order valence-electron chi connectivity index (χ1n) is 6.91. The fraction of sp³-hybridized carbons (Fsp3) is 0.615. The topological polar surface area (TPSA) is 78.3 Å². The van der Waals surface area contributed by atoms with Gasteiger partial charge in [0.2, 0.25) is 0 Å². The summed E-state index contributed by atoms with van der Waals surface area (Å²) in [6.45, 7) is 10.5. The predicted molar refractivity (Wildman–Crippen MR) is 79.1 cm³/mol. The minimum atomic E-state index is -0.273. The molecule has 2 rings (SSSR count). The highest BCUT2D eigenvalue weighted by atomic mass is 16.1. The Hall–Kier alpha value is -1.89. The molecule has 0 saturated heterocycles. The lowest BCUT2D eigenvalue weighted by atomic mass is 10.2. The summed E-state index contributed by atoms with van der Waals surface area (Å²) in [6.07, 6.45) is 1.48. The Morgan fingerprint density at radius 3 is 2.70 bits per heavy atom. The fourth-order valence-electron chi connectivity index (χ4n) is 2.33. The smallest absolute Gasteiger partial charge is 0.348 e. The molecule has 0 unspecified atom stereocenters. The van der Waals surface area contributed by atoms with Crippen LogP contribution in [0, 0.1) is 0 Å². The van der Waals surface area contributed by atoms with Gasteiger partial charge < -0.3 is 5.32 Å². The molecule has 2 aromatic heterocycles. The number of hydrogen-bond donors (Lipinski definition) is 2. The highest BCUT2D eigenvalue weighted by molar-refractivity contribution is 5.48. The molecule has 0 radical (unpaired) electrons. The van der Waals surface area contributed by atoms with Crippen LogP contribution in [0.4, 0.5) is 5.82 Å². The van der Waals surface area contributed by atoms with Crippen molar-refractivity contribution in [2.24, 2.45) is 0 Å². The van der Waals surface area contributed by atoms with Gasteiger partial charge in [0.05, 0.1) is 0 Å². The van der Waals surface area contributed by atoms with Gasteiger partial charge in [-0.05, 0) is 27.7 Å². The van der Waals surface area contributed by atoms with E-state index in [0.29, 0.717) is 17.7 Å². The first-order chi connectivity index (χ1) is 9.49. The van der Waals surface area contributed by atoms with E-state index in [2.05, 4.69) is 53.1 Å². The first kappa shape index (κ1) is 14.5. The van der Waals surface area contributed by atoms with Crippen LogP contribution < -0.4 is 11.0 Å². The van der Waals surface area contributed by atoms with Gasteiger partial charge in [0.25, 0.3) is 0 Å². The third-order valence-electron chi connectivity index (χ3n) is 3.31. The Morgan fingerprint density at radius 2 is 2.05 bits per heavy atom. The Labute approximate surface area is 118 Å². The molecule has 0 aliphatic carbocycles. The third-order valence-corrected chi connectivity index (χ3v) is 3.31. The molecule has 0 fully saturated rings. The van der Waals surface area contributed by atoms with Crippen LogP contribution in [0.25, 0.3) is 5.65 Å². The van der Waals surface area contributed by atoms with Crippen molar-refractivity contribution in [1.82, 2.24) is 24.5 Å². The van der Waals surface area contributed by atoms with Gasteiger partial charge in [-0.25, -0.2) is 19.3 Å². The zero-order chi connectivity index (χ0) is 14.7. The third kappa shape index (κ3) is 3.16. The Morgan fingerprint density at radius 1 is 1.35 bits per heavy atom. The molecule has 0 saturated carbocycles. The van der Waals surface area contributed by atoms with Crippen molar-refractivity contribution in [2.75, 3.05) is 18.4 Å². The van der Waals surface area contributed by atoms with E-state index in [1.54, 1.807) is 6.07 Å². The summed E-state index contributed by atoms with van der Waals surface area (Å²) < 4.78 is 1.37. The maximum absolute atomic E-state index is 11.3. The van der Waals surface area contributed by atoms with Crippen molar-refractivity contribution in [3.63, 3.8) is 0 Å². The summed E-state index contributed by atoms with van der Waals surface area (Å²) >= 11 is 0. The molecule has 0 spiro atoms. The number of nitrogens with zero attached hydrogens (tertiary/aromatic N) is 4. The molecule has 0 aromatic carbocycles. The van der Waals surface area contributed by atoms with E-state index in [1.165, 1.54) is 10.7 Å². The molecule has 7 nitrogen and oxygen atoms in total. The molecule has 0 amide bonds. The van der Waals surface area contributed by atoms with Crippen LogP contribution in [0.15, 0.2) is 17.2 Å². The predicted octanol–water partition coefficient (Wildman–Crippen LogP) is 0.948. The van der Waals surface area contributed by atoms with Crippen molar-refractivity contribution in [2.45, 2.75) is 39.8 Å². The molecule has 7 heteroatoms. The van der Waals surface area contributed by atoms with Crippen molar-refractivity contribution in [1.29, 1.82) is 0 Å². The van der Waals surface area contributed by atoms with E-state index in [4.69, 9.17) is 0 Å². The van der Waals surface area contributed by atoms with E-state index < -0.39 is 0 Å². The molecule has 0 bridgehead atoms. The molecular weight excluding hydrogens is 256 g/mol. The molecule has 2 heterocycles. The number of anilines is 1. The zero-order valence-corrected chi connectivity index (χ0v) is 12.4. The lowest BCUT2D eigenvalue weighted by Crippen LogP contribution is -2.40. The average molecular weight is 278 g/mol. The average Bonchev–Trinajstić information content (AvgIpc) is 2.75. The zero-order valence-electron chi connectivity index (χ0n) is 12.4. The van der Waals surface area contributed by atoms with Gasteiger partial charge in [-0.3, -0.25) is 4.90 Å². The second-order valence-corrected chi connectivity index (χ2v) is 5.38. The van der Waals surface area contributed by atoms with Gasteiger partial charge in [-0.15, -0.1) is 0 Å². The Balaban J connectivity index is 1.97. The number of nitrogens with one attached hydrogen (secondary N) is 2. The van der Waals surface area contributed by atoms with E-state index in [-0.39, 0.29) is 5.69 Å². The monoisotopic (exact) mass is 278 g/mol. The lowest BCUT2D eigenvalue weighted by Gasteiger charge is -2.30. The van der Waals surface area contributed by atoms with E-state index in [1.807, 2.05) is 0 Å². The second-order valence-electron chi connectivity index (χ2n) is 5.38. The molecule has 2 N–H and O–H groups in total. The first-order valence-corrected chi connectivity index (χ1v) is 6.91. The van der Waals surface area contributed by atoms with Crippen molar-refractivity contribution in [3.8, 4) is 0 Å². The van der Waals surface area contributed by atoms with Crippen molar-refractivity contribution < 1.29 is 0 Å². The van der Waals surface area contributed by atoms with Gasteiger partial charge in [-0.1, -0.05) is 0 Å². The lowest BCUT2D eigenvalue weighted by molar-refractivity contribution is 0.182. The minimum absolute atomic E-state index is 0.273. The number of fused-ring (bicyclic) bond motifs is 1. The highest BCUT2D eigenvalue weighted by Crippen LogP contribution is 2.06. The van der Waals surface area contributed by atoms with E-state index >= 15 is 0 Å². The van der Waals surface area contributed by atoms with Crippen LogP contribution in [0.1, 0.15) is 27.7 Å². The van der Waals surface area contributed by atoms with Gasteiger partial charge in [0.15, 0.2) is 5.65 Å². The van der Waals surface area contributed by atoms with Crippen molar-refractivity contribution >= 4 is 11.5 Å². The maximum Gasteiger partial charge on any atom is 0.348 e. The quantitative estimate of drug-likeness (QED) is 0.822. The standard InChI is InChI=1S/C13H22N6O/c1-9(2)18(10(3)4)6-5-14-11-7-12-16-17-13(20)19(12)8-15-11/h7-10,14H,5-6H2,1-4H3,(H,17,20). The maximum atomic E-state index is 11.3. The number of H-pyrrole nitrogens is 1. The summed E-state index contributed by atoms with van der Waals surface area (Å²) in [4.78, 5) is 17.9. The van der Waals surface area contributed by atoms with Crippen LogP contribution in [0.2, 0.25) is 0 Å². The van der Waals surface area contributed by atoms with Gasteiger partial charge in [0, 0.05) is 31.2 Å². The van der Waals surface area contributed by atoms with Crippen LogP contribution in [-0.2, 0) is 0 Å². The number of rotatable bonds is 6. The SMILES string of the molecule is CC(C)N(CCNc1cc2n[nH]c(=O)n2cn1)C(C)C. The Kier molecular flexibility index (Phi) is 4.39. The van der Waals surface area contributed by atoms with Crippen LogP contribution in [-0.4, -0.2) is 49.7 Å². The molecule has 2 aromatic rings. The van der Waals surface area contributed by atoms with Crippen LogP contribution in [0.3, 0.4) is 0 Å².